The Morgan fingerprint density at radius 1 is 1.45 bits per heavy atom. The monoisotopic (exact) mass is 311 g/mol. The lowest BCUT2D eigenvalue weighted by Crippen LogP contribution is -2.23. The number of carbonyl (C=O) groups excluding carboxylic acids is 1. The second kappa shape index (κ2) is 6.15. The number of benzene rings is 1. The minimum Gasteiger partial charge on any atom is -0.347 e. The highest BCUT2D eigenvalue weighted by molar-refractivity contribution is 7.13. The predicted octanol–water partition coefficient (Wildman–Crippen LogP) is 3.70. The number of nitrogens with zero attached hydrogens (tertiary/aromatic N) is 2. The van der Waals surface area contributed by atoms with Crippen LogP contribution < -0.4 is 5.32 Å². The molecule has 1 amide bonds. The van der Waals surface area contributed by atoms with Crippen LogP contribution in [0.1, 0.15) is 17.4 Å². The van der Waals surface area contributed by atoms with Crippen molar-refractivity contribution in [2.24, 2.45) is 0 Å². The van der Waals surface area contributed by atoms with Crippen molar-refractivity contribution in [3.05, 3.63) is 54.1 Å². The molecule has 0 aliphatic heterocycles. The van der Waals surface area contributed by atoms with Gasteiger partial charge in [-0.1, -0.05) is 24.3 Å². The number of thiazole rings is 1. The van der Waals surface area contributed by atoms with E-state index in [1.54, 1.807) is 11.5 Å². The predicted molar refractivity (Wildman–Crippen MR) is 91.3 cm³/mol. The molecule has 0 unspecified atom stereocenters. The Bertz CT molecular complexity index is 831. The number of para-hydroxylation sites is 1. The molecule has 1 N–H and O–H groups in total. The van der Waals surface area contributed by atoms with Crippen LogP contribution in [0.3, 0.4) is 0 Å². The summed E-state index contributed by atoms with van der Waals surface area (Å²) in [6.07, 6.45) is 1.65. The van der Waals surface area contributed by atoms with Crippen molar-refractivity contribution in [1.29, 1.82) is 0 Å². The van der Waals surface area contributed by atoms with Gasteiger partial charge in [-0.3, -0.25) is 4.79 Å². The smallest absolute Gasteiger partial charge is 0.271 e. The quantitative estimate of drug-likeness (QED) is 0.730. The summed E-state index contributed by atoms with van der Waals surface area (Å²) in [5.41, 5.74) is 2.69. The van der Waals surface area contributed by atoms with Crippen molar-refractivity contribution in [3.63, 3.8) is 0 Å². The zero-order valence-corrected chi connectivity index (χ0v) is 13.2. The van der Waals surface area contributed by atoms with Gasteiger partial charge < -0.3 is 9.88 Å². The molecule has 0 aliphatic carbocycles. The Labute approximate surface area is 133 Å². The summed E-state index contributed by atoms with van der Waals surface area (Å²) in [5.74, 6) is -0.165. The van der Waals surface area contributed by atoms with E-state index in [1.807, 2.05) is 12.1 Å². The standard InChI is InChI=1S/C17H17N3OS/c1-3-9-18-16(21)13-11-22-17(19-13)15-10-12-7-5-6-8-14(12)20(15)4-2/h3,5-8,10-11H,1,4,9H2,2H3,(H,18,21). The molecule has 3 rings (SSSR count). The number of aromatic nitrogens is 2. The molecule has 2 heterocycles. The normalized spacial score (nSPS) is 10.8. The van der Waals surface area contributed by atoms with Gasteiger partial charge in [0.25, 0.3) is 5.91 Å². The van der Waals surface area contributed by atoms with Crippen LogP contribution in [0.5, 0.6) is 0 Å². The average molecular weight is 311 g/mol. The Hall–Kier alpha value is -2.40. The van der Waals surface area contributed by atoms with Gasteiger partial charge in [0.05, 0.1) is 5.69 Å². The van der Waals surface area contributed by atoms with E-state index in [9.17, 15) is 4.79 Å². The minimum atomic E-state index is -0.165. The van der Waals surface area contributed by atoms with Crippen LogP contribution in [0.2, 0.25) is 0 Å². The Kier molecular flexibility index (Phi) is 4.06. The van der Waals surface area contributed by atoms with Gasteiger partial charge >= 0.3 is 0 Å². The molecule has 2 aromatic heterocycles. The molecular formula is C17H17N3OS. The maximum Gasteiger partial charge on any atom is 0.271 e. The molecule has 22 heavy (non-hydrogen) atoms. The van der Waals surface area contributed by atoms with E-state index in [0.717, 1.165) is 17.2 Å². The number of carbonyl (C=O) groups is 1. The van der Waals surface area contributed by atoms with Gasteiger partial charge in [-0.15, -0.1) is 17.9 Å². The van der Waals surface area contributed by atoms with Crippen LogP contribution in [0.4, 0.5) is 0 Å². The van der Waals surface area contributed by atoms with Gasteiger partial charge in [0.1, 0.15) is 10.7 Å². The number of fused-ring (bicyclic) bond motifs is 1. The van der Waals surface area contributed by atoms with E-state index < -0.39 is 0 Å². The molecule has 1 aromatic carbocycles. The topological polar surface area (TPSA) is 46.9 Å². The van der Waals surface area contributed by atoms with Gasteiger partial charge in [0.2, 0.25) is 0 Å². The molecule has 3 aromatic rings. The van der Waals surface area contributed by atoms with Crippen molar-refractivity contribution < 1.29 is 4.79 Å². The summed E-state index contributed by atoms with van der Waals surface area (Å²) in [6.45, 7) is 7.01. The summed E-state index contributed by atoms with van der Waals surface area (Å²) >= 11 is 1.49. The SMILES string of the molecule is C=CCNC(=O)c1csc(-c2cc3ccccc3n2CC)n1. The van der Waals surface area contributed by atoms with E-state index in [-0.39, 0.29) is 5.91 Å². The summed E-state index contributed by atoms with van der Waals surface area (Å²) in [4.78, 5) is 16.4. The fraction of sp³-hybridized carbons (Fsp3) is 0.176. The highest BCUT2D eigenvalue weighted by Crippen LogP contribution is 2.30. The average Bonchev–Trinajstić information content (AvgIpc) is 3.16. The highest BCUT2D eigenvalue weighted by atomic mass is 32.1. The third-order valence-corrected chi connectivity index (χ3v) is 4.35. The van der Waals surface area contributed by atoms with E-state index in [0.29, 0.717) is 12.2 Å². The molecule has 112 valence electrons. The van der Waals surface area contributed by atoms with Crippen LogP contribution in [0.25, 0.3) is 21.6 Å². The number of hydrogen-bond acceptors (Lipinski definition) is 3. The van der Waals surface area contributed by atoms with Crippen LogP contribution in [-0.4, -0.2) is 22.0 Å². The molecule has 0 saturated heterocycles. The second-order valence-corrected chi connectivity index (χ2v) is 5.73. The molecule has 0 atom stereocenters. The molecule has 0 fully saturated rings. The number of aryl methyl sites for hydroxylation is 1. The van der Waals surface area contributed by atoms with Gasteiger partial charge in [0.15, 0.2) is 0 Å². The highest BCUT2D eigenvalue weighted by Gasteiger charge is 2.15. The number of rotatable bonds is 5. The zero-order chi connectivity index (χ0) is 15.5. The van der Waals surface area contributed by atoms with E-state index >= 15 is 0 Å². The van der Waals surface area contributed by atoms with Crippen LogP contribution in [0.15, 0.2) is 48.4 Å². The maximum absolute atomic E-state index is 12.0. The molecule has 0 bridgehead atoms. The molecule has 4 nitrogen and oxygen atoms in total. The molecule has 0 aliphatic rings. The van der Waals surface area contributed by atoms with Crippen molar-refractivity contribution in [2.45, 2.75) is 13.5 Å². The van der Waals surface area contributed by atoms with Crippen molar-refractivity contribution in [1.82, 2.24) is 14.9 Å². The Morgan fingerprint density at radius 2 is 2.27 bits per heavy atom. The maximum atomic E-state index is 12.0. The summed E-state index contributed by atoms with van der Waals surface area (Å²) in [6, 6.07) is 10.4. The first-order valence-corrected chi connectivity index (χ1v) is 8.05. The molecule has 5 heteroatoms. The largest absolute Gasteiger partial charge is 0.347 e. The summed E-state index contributed by atoms with van der Waals surface area (Å²) in [7, 11) is 0. The molecular weight excluding hydrogens is 294 g/mol. The third kappa shape index (κ3) is 2.55. The van der Waals surface area contributed by atoms with Crippen LogP contribution >= 0.6 is 11.3 Å². The molecule has 0 radical (unpaired) electrons. The fourth-order valence-corrected chi connectivity index (χ4v) is 3.30. The number of amides is 1. The Morgan fingerprint density at radius 3 is 3.05 bits per heavy atom. The minimum absolute atomic E-state index is 0.165. The van der Waals surface area contributed by atoms with Crippen molar-refractivity contribution in [3.8, 4) is 10.7 Å². The molecule has 0 saturated carbocycles. The van der Waals surface area contributed by atoms with Gasteiger partial charge in [0, 0.05) is 29.4 Å². The van der Waals surface area contributed by atoms with Gasteiger partial charge in [-0.05, 0) is 19.1 Å². The van der Waals surface area contributed by atoms with Crippen molar-refractivity contribution in [2.75, 3.05) is 6.54 Å². The van der Waals surface area contributed by atoms with Crippen LogP contribution in [-0.2, 0) is 6.54 Å². The number of nitrogens with one attached hydrogen (secondary N) is 1. The third-order valence-electron chi connectivity index (χ3n) is 3.49. The van der Waals surface area contributed by atoms with Crippen LogP contribution in [0, 0.1) is 0 Å². The van der Waals surface area contributed by atoms with E-state index in [4.69, 9.17) is 0 Å². The number of hydrogen-bond donors (Lipinski definition) is 1. The fourth-order valence-electron chi connectivity index (χ4n) is 2.48. The van der Waals surface area contributed by atoms with Gasteiger partial charge in [-0.25, -0.2) is 4.98 Å². The van der Waals surface area contributed by atoms with E-state index in [1.165, 1.54) is 22.2 Å². The first-order chi connectivity index (χ1) is 10.7. The first kappa shape index (κ1) is 14.5. The lowest BCUT2D eigenvalue weighted by Gasteiger charge is -2.05. The summed E-state index contributed by atoms with van der Waals surface area (Å²) in [5, 5.41) is 6.60. The zero-order valence-electron chi connectivity index (χ0n) is 12.4. The Balaban J connectivity index is 1.99. The lowest BCUT2D eigenvalue weighted by molar-refractivity contribution is 0.0954. The lowest BCUT2D eigenvalue weighted by atomic mass is 10.2. The first-order valence-electron chi connectivity index (χ1n) is 7.18. The molecule has 0 spiro atoms. The second-order valence-electron chi connectivity index (χ2n) is 4.87. The van der Waals surface area contributed by atoms with Crippen molar-refractivity contribution >= 4 is 28.1 Å². The van der Waals surface area contributed by atoms with E-state index in [2.05, 4.69) is 46.6 Å². The summed E-state index contributed by atoms with van der Waals surface area (Å²) < 4.78 is 2.22. The van der Waals surface area contributed by atoms with Gasteiger partial charge in [-0.2, -0.15) is 0 Å².